The predicted octanol–water partition coefficient (Wildman–Crippen LogP) is 4.14. The molecule has 0 radical (unpaired) electrons. The molecule has 6 heterocycles. The van der Waals surface area contributed by atoms with Gasteiger partial charge in [-0.1, -0.05) is 6.08 Å². The van der Waals surface area contributed by atoms with E-state index in [-0.39, 0.29) is 0 Å². The molecule has 1 aliphatic heterocycles. The van der Waals surface area contributed by atoms with Crippen molar-refractivity contribution >= 4 is 27.4 Å². The molecule has 0 fully saturated rings. The van der Waals surface area contributed by atoms with Crippen LogP contribution < -0.4 is 5.32 Å². The van der Waals surface area contributed by atoms with Gasteiger partial charge in [-0.15, -0.1) is 0 Å². The fourth-order valence-corrected chi connectivity index (χ4v) is 3.96. The Labute approximate surface area is 165 Å². The summed E-state index contributed by atoms with van der Waals surface area (Å²) >= 11 is 0. The highest BCUT2D eigenvalue weighted by Crippen LogP contribution is 2.33. The topological polar surface area (TPSA) is 95.4 Å². The zero-order valence-corrected chi connectivity index (χ0v) is 15.6. The number of pyridine rings is 2. The molecule has 1 aliphatic rings. The van der Waals surface area contributed by atoms with E-state index in [2.05, 4.69) is 48.7 Å². The van der Waals surface area contributed by atoms with Gasteiger partial charge in [-0.3, -0.25) is 15.1 Å². The molecule has 7 heteroatoms. The van der Waals surface area contributed by atoms with E-state index in [1.54, 1.807) is 18.7 Å². The van der Waals surface area contributed by atoms with Crippen LogP contribution in [0.5, 0.6) is 0 Å². The molecule has 0 saturated heterocycles. The molecule has 142 valence electrons. The summed E-state index contributed by atoms with van der Waals surface area (Å²) in [6.45, 7) is 1.87. The fraction of sp³-hybridized carbons (Fsp3) is 0.136. The monoisotopic (exact) mass is 382 g/mol. The molecule has 0 unspecified atom stereocenters. The summed E-state index contributed by atoms with van der Waals surface area (Å²) in [5.41, 5.74) is 7.90. The van der Waals surface area contributed by atoms with Crippen molar-refractivity contribution in [2.45, 2.75) is 6.42 Å². The third-order valence-corrected chi connectivity index (χ3v) is 5.44. The van der Waals surface area contributed by atoms with Gasteiger partial charge in [0.1, 0.15) is 5.69 Å². The Balaban J connectivity index is 1.50. The molecule has 6 rings (SSSR count). The molecule has 3 N–H and O–H groups in total. The van der Waals surface area contributed by atoms with Crippen molar-refractivity contribution in [2.24, 2.45) is 0 Å². The van der Waals surface area contributed by atoms with E-state index in [1.165, 1.54) is 5.57 Å². The van der Waals surface area contributed by atoms with Crippen molar-refractivity contribution in [3.8, 4) is 22.6 Å². The van der Waals surface area contributed by atoms with Gasteiger partial charge in [0.15, 0.2) is 0 Å². The van der Waals surface area contributed by atoms with E-state index in [9.17, 15) is 0 Å². The van der Waals surface area contributed by atoms with Crippen LogP contribution in [0.4, 0.5) is 0 Å². The minimum absolute atomic E-state index is 0.882. The maximum absolute atomic E-state index is 5.24. The first kappa shape index (κ1) is 16.3. The lowest BCUT2D eigenvalue weighted by molar-refractivity contribution is 0.568. The Morgan fingerprint density at radius 2 is 1.97 bits per heavy atom. The largest absolute Gasteiger partial charge is 0.472 e. The zero-order chi connectivity index (χ0) is 19.2. The fourth-order valence-electron chi connectivity index (χ4n) is 3.96. The molecule has 0 spiro atoms. The van der Waals surface area contributed by atoms with Gasteiger partial charge in [0.25, 0.3) is 0 Å². The van der Waals surface area contributed by atoms with Gasteiger partial charge in [-0.2, -0.15) is 5.10 Å². The number of aromatic nitrogens is 5. The minimum Gasteiger partial charge on any atom is -0.472 e. The summed E-state index contributed by atoms with van der Waals surface area (Å²) in [4.78, 5) is 12.7. The van der Waals surface area contributed by atoms with Gasteiger partial charge >= 0.3 is 0 Å². The van der Waals surface area contributed by atoms with Crippen LogP contribution in [0, 0.1) is 0 Å². The molecule has 0 aromatic carbocycles. The van der Waals surface area contributed by atoms with E-state index in [1.807, 2.05) is 18.3 Å². The molecule has 5 aromatic rings. The van der Waals surface area contributed by atoms with Crippen molar-refractivity contribution in [3.05, 3.63) is 61.0 Å². The SMILES string of the molecule is C1=C(c2cc3c(-c4cc5c(-c6ccoc6)nccc5[nH]4)n[nH]c3cn2)CCNC1. The Hall–Kier alpha value is -3.71. The van der Waals surface area contributed by atoms with Crippen molar-refractivity contribution in [1.29, 1.82) is 0 Å². The Morgan fingerprint density at radius 1 is 1.00 bits per heavy atom. The second-order valence-electron chi connectivity index (χ2n) is 7.19. The standard InChI is InChI=1S/C22H18N6O/c1-5-23-6-2-13(1)18-9-16-20(11-25-18)27-28-22(16)19-10-15-17(26-19)3-7-24-21(15)14-4-8-29-12-14/h1,3-4,7-12,23,26H,2,5-6H2,(H,27,28). The summed E-state index contributed by atoms with van der Waals surface area (Å²) in [6, 6.07) is 8.13. The van der Waals surface area contributed by atoms with Crippen LogP contribution in [0.1, 0.15) is 12.1 Å². The Kier molecular flexibility index (Phi) is 3.60. The summed E-state index contributed by atoms with van der Waals surface area (Å²) in [6.07, 6.45) is 10.2. The van der Waals surface area contributed by atoms with E-state index >= 15 is 0 Å². The lowest BCUT2D eigenvalue weighted by Gasteiger charge is -2.13. The van der Waals surface area contributed by atoms with E-state index in [4.69, 9.17) is 4.42 Å². The number of aromatic amines is 2. The van der Waals surface area contributed by atoms with Gasteiger partial charge in [0, 0.05) is 34.6 Å². The van der Waals surface area contributed by atoms with Crippen LogP contribution in [-0.2, 0) is 0 Å². The minimum atomic E-state index is 0.882. The molecule has 0 aliphatic carbocycles. The van der Waals surface area contributed by atoms with Crippen LogP contribution in [0.25, 0.3) is 50.0 Å². The Bertz CT molecular complexity index is 1360. The molecule has 7 nitrogen and oxygen atoms in total. The highest BCUT2D eigenvalue weighted by Gasteiger charge is 2.16. The summed E-state index contributed by atoms with van der Waals surface area (Å²) in [7, 11) is 0. The summed E-state index contributed by atoms with van der Waals surface area (Å²) in [5.74, 6) is 0. The molecular formula is C22H18N6O. The molecule has 29 heavy (non-hydrogen) atoms. The number of H-pyrrole nitrogens is 2. The van der Waals surface area contributed by atoms with E-state index < -0.39 is 0 Å². The van der Waals surface area contributed by atoms with Gasteiger partial charge in [-0.05, 0) is 42.8 Å². The third kappa shape index (κ3) is 2.67. The van der Waals surface area contributed by atoms with Crippen LogP contribution in [0.3, 0.4) is 0 Å². The molecule has 0 saturated carbocycles. The average Bonchev–Trinajstić information content (AvgIpc) is 3.52. The van der Waals surface area contributed by atoms with Crippen LogP contribution >= 0.6 is 0 Å². The number of furan rings is 1. The van der Waals surface area contributed by atoms with Crippen molar-refractivity contribution in [2.75, 3.05) is 13.1 Å². The van der Waals surface area contributed by atoms with Crippen LogP contribution in [-0.4, -0.2) is 38.2 Å². The first-order chi connectivity index (χ1) is 14.4. The maximum Gasteiger partial charge on any atom is 0.116 e. The third-order valence-electron chi connectivity index (χ3n) is 5.44. The van der Waals surface area contributed by atoms with E-state index in [0.717, 1.165) is 69.7 Å². The average molecular weight is 382 g/mol. The van der Waals surface area contributed by atoms with E-state index in [0.29, 0.717) is 0 Å². The lowest BCUT2D eigenvalue weighted by Crippen LogP contribution is -2.20. The summed E-state index contributed by atoms with van der Waals surface area (Å²) < 4.78 is 5.24. The van der Waals surface area contributed by atoms with Crippen LogP contribution in [0.2, 0.25) is 0 Å². The maximum atomic E-state index is 5.24. The first-order valence-electron chi connectivity index (χ1n) is 9.62. The van der Waals surface area contributed by atoms with Crippen LogP contribution in [0.15, 0.2) is 59.7 Å². The summed E-state index contributed by atoms with van der Waals surface area (Å²) in [5, 5.41) is 13.1. The number of nitrogens with one attached hydrogen (secondary N) is 3. The van der Waals surface area contributed by atoms with Gasteiger partial charge in [0.05, 0.1) is 41.3 Å². The normalized spacial score (nSPS) is 14.6. The molecule has 5 aromatic heterocycles. The van der Waals surface area contributed by atoms with Crippen molar-refractivity contribution in [1.82, 2.24) is 30.5 Å². The van der Waals surface area contributed by atoms with Crippen molar-refractivity contribution < 1.29 is 4.42 Å². The zero-order valence-electron chi connectivity index (χ0n) is 15.6. The second kappa shape index (κ2) is 6.42. The number of nitrogens with zero attached hydrogens (tertiary/aromatic N) is 3. The molecule has 0 bridgehead atoms. The molecule has 0 atom stereocenters. The predicted molar refractivity (Wildman–Crippen MR) is 112 cm³/mol. The number of hydrogen-bond acceptors (Lipinski definition) is 5. The Morgan fingerprint density at radius 3 is 2.83 bits per heavy atom. The van der Waals surface area contributed by atoms with Gasteiger partial charge in [0.2, 0.25) is 0 Å². The number of hydrogen-bond donors (Lipinski definition) is 3. The van der Waals surface area contributed by atoms with Gasteiger partial charge < -0.3 is 14.7 Å². The first-order valence-corrected chi connectivity index (χ1v) is 9.62. The lowest BCUT2D eigenvalue weighted by atomic mass is 10.0. The molecule has 0 amide bonds. The smallest absolute Gasteiger partial charge is 0.116 e. The number of fused-ring (bicyclic) bond motifs is 2. The quantitative estimate of drug-likeness (QED) is 0.436. The van der Waals surface area contributed by atoms with Crippen molar-refractivity contribution in [3.63, 3.8) is 0 Å². The molecular weight excluding hydrogens is 364 g/mol. The highest BCUT2D eigenvalue weighted by molar-refractivity contribution is 6.00. The number of rotatable bonds is 3. The second-order valence-corrected chi connectivity index (χ2v) is 7.19. The van der Waals surface area contributed by atoms with Gasteiger partial charge in [-0.25, -0.2) is 0 Å². The highest BCUT2D eigenvalue weighted by atomic mass is 16.3.